The van der Waals surface area contributed by atoms with Crippen molar-refractivity contribution in [3.63, 3.8) is 0 Å². The van der Waals surface area contributed by atoms with Crippen molar-refractivity contribution in [3.8, 4) is 5.75 Å². The number of hydrogen-bond donors (Lipinski definition) is 0. The van der Waals surface area contributed by atoms with E-state index in [1.165, 1.54) is 12.8 Å². The zero-order chi connectivity index (χ0) is 26.7. The Balaban J connectivity index is 1.26. The largest absolute Gasteiger partial charge is 0.497 e. The first-order valence-electron chi connectivity index (χ1n) is 14.4. The molecule has 0 N–H and O–H groups in total. The highest BCUT2D eigenvalue weighted by Crippen LogP contribution is 2.66. The fraction of sp³-hybridized carbons (Fsp3) is 0.625. The van der Waals surface area contributed by atoms with Gasteiger partial charge in [-0.15, -0.1) is 6.58 Å². The maximum absolute atomic E-state index is 13.3. The number of esters is 1. The summed E-state index contributed by atoms with van der Waals surface area (Å²) >= 11 is 0. The molecule has 3 aliphatic heterocycles. The molecule has 5 aliphatic rings. The quantitative estimate of drug-likeness (QED) is 0.318. The van der Waals surface area contributed by atoms with Crippen LogP contribution in [0.3, 0.4) is 0 Å². The Morgan fingerprint density at radius 3 is 2.74 bits per heavy atom. The van der Waals surface area contributed by atoms with Crippen molar-refractivity contribution >= 4 is 16.9 Å². The van der Waals surface area contributed by atoms with Gasteiger partial charge in [0.05, 0.1) is 18.7 Å². The second-order valence-electron chi connectivity index (χ2n) is 12.9. The maximum Gasteiger partial charge on any atom is 0.332 e. The van der Waals surface area contributed by atoms with Crippen LogP contribution in [0.15, 0.2) is 43.1 Å². The van der Waals surface area contributed by atoms with Crippen LogP contribution < -0.4 is 4.74 Å². The number of piperidine rings is 3. The van der Waals surface area contributed by atoms with Crippen molar-refractivity contribution in [2.45, 2.75) is 71.1 Å². The van der Waals surface area contributed by atoms with Crippen LogP contribution in [-0.2, 0) is 14.3 Å². The van der Waals surface area contributed by atoms with E-state index in [2.05, 4.69) is 43.3 Å². The summed E-state index contributed by atoms with van der Waals surface area (Å²) in [6, 6.07) is 8.19. The second-order valence-corrected chi connectivity index (χ2v) is 12.9. The third-order valence-corrected chi connectivity index (χ3v) is 11.2. The Bertz CT molecular complexity index is 1230. The van der Waals surface area contributed by atoms with Gasteiger partial charge in [0.1, 0.15) is 18.5 Å². The van der Waals surface area contributed by atoms with Gasteiger partial charge >= 0.3 is 5.97 Å². The third kappa shape index (κ3) is 4.06. The minimum absolute atomic E-state index is 0.0281. The van der Waals surface area contributed by atoms with Crippen molar-refractivity contribution < 1.29 is 19.0 Å². The summed E-state index contributed by atoms with van der Waals surface area (Å²) in [7, 11) is 1.68. The topological polar surface area (TPSA) is 60.9 Å². The highest BCUT2D eigenvalue weighted by molar-refractivity contribution is 5.84. The number of methoxy groups -OCH3 is 1. The molecule has 204 valence electrons. The summed E-state index contributed by atoms with van der Waals surface area (Å²) in [6.07, 6.45) is 9.21. The van der Waals surface area contributed by atoms with E-state index in [0.29, 0.717) is 17.8 Å². The molecular weight excluding hydrogens is 476 g/mol. The van der Waals surface area contributed by atoms with Gasteiger partial charge in [-0.3, -0.25) is 9.88 Å². The lowest BCUT2D eigenvalue weighted by molar-refractivity contribution is -0.167. The van der Waals surface area contributed by atoms with Crippen LogP contribution in [0.1, 0.15) is 64.5 Å². The summed E-state index contributed by atoms with van der Waals surface area (Å²) < 4.78 is 18.3. The Labute approximate surface area is 226 Å². The third-order valence-electron chi connectivity index (χ3n) is 11.2. The Hall–Kier alpha value is -2.44. The van der Waals surface area contributed by atoms with E-state index >= 15 is 0 Å². The smallest absolute Gasteiger partial charge is 0.332 e. The number of carbonyl (C=O) groups excluding carboxylic acids is 1. The van der Waals surface area contributed by atoms with Gasteiger partial charge in [0.15, 0.2) is 0 Å². The van der Waals surface area contributed by atoms with Crippen molar-refractivity contribution in [3.05, 3.63) is 48.7 Å². The molecule has 2 aliphatic carbocycles. The minimum atomic E-state index is -0.263. The highest BCUT2D eigenvalue weighted by Gasteiger charge is 2.62. The van der Waals surface area contributed by atoms with E-state index in [9.17, 15) is 4.79 Å². The fourth-order valence-corrected chi connectivity index (χ4v) is 8.28. The molecule has 6 nitrogen and oxygen atoms in total. The summed E-state index contributed by atoms with van der Waals surface area (Å²) in [6.45, 7) is 13.1. The maximum atomic E-state index is 13.3. The van der Waals surface area contributed by atoms with Crippen molar-refractivity contribution in [1.29, 1.82) is 0 Å². The van der Waals surface area contributed by atoms with Crippen LogP contribution in [0.25, 0.3) is 10.9 Å². The van der Waals surface area contributed by atoms with Crippen LogP contribution in [-0.4, -0.2) is 54.8 Å². The summed E-state index contributed by atoms with van der Waals surface area (Å²) in [4.78, 5) is 20.4. The van der Waals surface area contributed by atoms with E-state index in [0.717, 1.165) is 54.6 Å². The number of pyridine rings is 1. The number of benzene rings is 1. The average Bonchev–Trinajstić information content (AvgIpc) is 3.27. The molecule has 2 aromatic rings. The first-order valence-corrected chi connectivity index (χ1v) is 14.4. The molecule has 1 aromatic heterocycles. The average molecular weight is 519 g/mol. The molecule has 0 amide bonds. The molecule has 0 spiro atoms. The van der Waals surface area contributed by atoms with Gasteiger partial charge in [0.2, 0.25) is 0 Å². The number of carbonyl (C=O) groups is 1. The van der Waals surface area contributed by atoms with Crippen molar-refractivity contribution in [2.24, 2.45) is 28.6 Å². The molecule has 1 aromatic carbocycles. The Morgan fingerprint density at radius 2 is 2.08 bits per heavy atom. The summed E-state index contributed by atoms with van der Waals surface area (Å²) in [5.41, 5.74) is 2.20. The molecule has 0 radical (unpaired) electrons. The number of ether oxygens (including phenoxy) is 3. The number of aromatic nitrogens is 1. The van der Waals surface area contributed by atoms with E-state index in [-0.39, 0.29) is 41.7 Å². The lowest BCUT2D eigenvalue weighted by Gasteiger charge is -2.51. The van der Waals surface area contributed by atoms with Crippen LogP contribution in [0.2, 0.25) is 0 Å². The molecule has 6 heteroatoms. The van der Waals surface area contributed by atoms with Crippen LogP contribution >= 0.6 is 0 Å². The van der Waals surface area contributed by atoms with Gasteiger partial charge in [-0.1, -0.05) is 26.8 Å². The normalized spacial score (nSPS) is 35.8. The summed E-state index contributed by atoms with van der Waals surface area (Å²) in [5.74, 6) is 2.27. The van der Waals surface area contributed by atoms with Gasteiger partial charge < -0.3 is 14.2 Å². The zero-order valence-electron chi connectivity index (χ0n) is 23.3. The lowest BCUT2D eigenvalue weighted by Crippen LogP contribution is -2.55. The SMILES string of the molecule is C=C[C@@H]1CN2CCC1C[C@@H]2[C@@H](OCC(=O)O[C@@H]1C[C@@H]2CC[C@@]1(C)C2(C)C)c1ccnc2ccc(OC)cc12. The highest BCUT2D eigenvalue weighted by atomic mass is 16.6. The lowest BCUT2D eigenvalue weighted by atomic mass is 9.70. The first kappa shape index (κ1) is 25.8. The zero-order valence-corrected chi connectivity index (χ0v) is 23.3. The van der Waals surface area contributed by atoms with Crippen molar-refractivity contribution in [2.75, 3.05) is 26.8 Å². The van der Waals surface area contributed by atoms with E-state index in [4.69, 9.17) is 14.2 Å². The molecule has 8 atom stereocenters. The predicted octanol–water partition coefficient (Wildman–Crippen LogP) is 5.96. The minimum Gasteiger partial charge on any atom is -0.497 e. The number of nitrogens with zero attached hydrogens (tertiary/aromatic N) is 2. The monoisotopic (exact) mass is 518 g/mol. The van der Waals surface area contributed by atoms with Gasteiger partial charge in [0.25, 0.3) is 0 Å². The van der Waals surface area contributed by atoms with Gasteiger partial charge in [-0.05, 0) is 91.6 Å². The van der Waals surface area contributed by atoms with Gasteiger partial charge in [-0.2, -0.15) is 0 Å². The molecule has 4 heterocycles. The molecule has 2 unspecified atom stereocenters. The van der Waals surface area contributed by atoms with Crippen LogP contribution in [0.4, 0.5) is 0 Å². The standard InChI is InChI=1S/C32H42N2O4/c1-6-20-18-34-14-11-21(20)15-27(34)30(24-10-13-33-26-8-7-23(36-5)17-25(24)26)37-19-29(35)38-28-16-22-9-12-32(28,4)31(22,2)3/h6-8,10,13,17,20-22,27-28,30H,1,9,11-12,14-16,18-19H2,2-5H3/t20-,21?,22+,27-,28-,30+,32-/m1/s1. The molecule has 2 saturated carbocycles. The van der Waals surface area contributed by atoms with E-state index < -0.39 is 0 Å². The van der Waals surface area contributed by atoms with Crippen LogP contribution in [0, 0.1) is 28.6 Å². The molecule has 38 heavy (non-hydrogen) atoms. The molecule has 3 saturated heterocycles. The fourth-order valence-electron chi connectivity index (χ4n) is 8.28. The predicted molar refractivity (Wildman–Crippen MR) is 148 cm³/mol. The van der Waals surface area contributed by atoms with E-state index in [1.54, 1.807) is 7.11 Å². The summed E-state index contributed by atoms with van der Waals surface area (Å²) in [5, 5.41) is 1.01. The molecule has 5 fully saturated rings. The van der Waals surface area contributed by atoms with Gasteiger partial charge in [-0.25, -0.2) is 4.79 Å². The van der Waals surface area contributed by atoms with Crippen molar-refractivity contribution in [1.82, 2.24) is 9.88 Å². The number of rotatable bonds is 8. The number of fused-ring (bicyclic) bond motifs is 6. The molecular formula is C32H42N2O4. The van der Waals surface area contributed by atoms with Gasteiger partial charge in [0, 0.05) is 29.6 Å². The second kappa shape index (κ2) is 9.63. The number of hydrogen-bond acceptors (Lipinski definition) is 6. The van der Waals surface area contributed by atoms with E-state index in [1.807, 2.05) is 30.5 Å². The van der Waals surface area contributed by atoms with Crippen LogP contribution in [0.5, 0.6) is 5.75 Å². The molecule has 4 bridgehead atoms. The molecule has 7 rings (SSSR count). The Kier molecular flexibility index (Phi) is 6.55. The Morgan fingerprint density at radius 1 is 1.24 bits per heavy atom. The first-order chi connectivity index (χ1) is 18.2.